The molecule has 2 heterocycles. The van der Waals surface area contributed by atoms with Crippen LogP contribution in [0, 0.1) is 11.7 Å². The van der Waals surface area contributed by atoms with Crippen molar-refractivity contribution in [1.29, 1.82) is 0 Å². The van der Waals surface area contributed by atoms with Gasteiger partial charge in [-0.25, -0.2) is 14.4 Å². The fraction of sp³-hybridized carbons (Fsp3) is 0.261. The van der Waals surface area contributed by atoms with Crippen LogP contribution in [0.2, 0.25) is 5.02 Å². The molecular weight excluding hydrogens is 403 g/mol. The van der Waals surface area contributed by atoms with Crippen LogP contribution in [0.4, 0.5) is 10.3 Å². The van der Waals surface area contributed by atoms with Crippen LogP contribution in [0.15, 0.2) is 60.9 Å². The number of piperidine rings is 1. The van der Waals surface area contributed by atoms with Crippen molar-refractivity contribution in [3.63, 3.8) is 0 Å². The molecule has 2 aromatic carbocycles. The van der Waals surface area contributed by atoms with Crippen molar-refractivity contribution in [3.05, 3.63) is 77.3 Å². The van der Waals surface area contributed by atoms with Gasteiger partial charge in [0.1, 0.15) is 5.82 Å². The summed E-state index contributed by atoms with van der Waals surface area (Å²) in [5.41, 5.74) is 2.50. The molecule has 1 aliphatic heterocycles. The van der Waals surface area contributed by atoms with Crippen LogP contribution < -0.4 is 10.2 Å². The number of halogens is 2. The van der Waals surface area contributed by atoms with Gasteiger partial charge in [-0.05, 0) is 48.2 Å². The van der Waals surface area contributed by atoms with Crippen LogP contribution >= 0.6 is 11.6 Å². The zero-order valence-electron chi connectivity index (χ0n) is 16.4. The smallest absolute Gasteiger partial charge is 0.225 e. The molecule has 1 aliphatic rings. The molecule has 5 nitrogen and oxygen atoms in total. The highest BCUT2D eigenvalue weighted by Crippen LogP contribution is 2.23. The van der Waals surface area contributed by atoms with E-state index < -0.39 is 0 Å². The van der Waals surface area contributed by atoms with Crippen molar-refractivity contribution in [2.75, 3.05) is 18.0 Å². The van der Waals surface area contributed by atoms with Crippen molar-refractivity contribution in [2.45, 2.75) is 19.4 Å². The molecule has 0 aliphatic carbocycles. The average Bonchev–Trinajstić information content (AvgIpc) is 2.79. The Bertz CT molecular complexity index is 1010. The number of nitrogens with zero attached hydrogens (tertiary/aromatic N) is 3. The van der Waals surface area contributed by atoms with Gasteiger partial charge in [-0.2, -0.15) is 0 Å². The lowest BCUT2D eigenvalue weighted by atomic mass is 9.97. The summed E-state index contributed by atoms with van der Waals surface area (Å²) in [6.07, 6.45) is 5.13. The second kappa shape index (κ2) is 9.22. The predicted octanol–water partition coefficient (Wildman–Crippen LogP) is 4.47. The molecule has 1 saturated heterocycles. The molecule has 1 aromatic heterocycles. The number of anilines is 1. The number of hydrogen-bond acceptors (Lipinski definition) is 4. The molecule has 0 unspecified atom stereocenters. The largest absolute Gasteiger partial charge is 0.352 e. The van der Waals surface area contributed by atoms with E-state index in [9.17, 15) is 9.18 Å². The molecule has 1 fully saturated rings. The Balaban J connectivity index is 1.37. The fourth-order valence-corrected chi connectivity index (χ4v) is 3.74. The molecule has 0 saturated carbocycles. The van der Waals surface area contributed by atoms with Crippen LogP contribution in [0.25, 0.3) is 11.1 Å². The normalized spacial score (nSPS) is 16.3. The third-order valence-corrected chi connectivity index (χ3v) is 5.50. The minimum atomic E-state index is -0.292. The van der Waals surface area contributed by atoms with Gasteiger partial charge >= 0.3 is 0 Å². The summed E-state index contributed by atoms with van der Waals surface area (Å²) in [4.78, 5) is 23.6. The summed E-state index contributed by atoms with van der Waals surface area (Å²) >= 11 is 5.90. The van der Waals surface area contributed by atoms with E-state index >= 15 is 0 Å². The minimum absolute atomic E-state index is 0.0334. The van der Waals surface area contributed by atoms with Crippen molar-refractivity contribution >= 4 is 23.5 Å². The molecule has 0 radical (unpaired) electrons. The quantitative estimate of drug-likeness (QED) is 0.656. The van der Waals surface area contributed by atoms with E-state index in [2.05, 4.69) is 15.3 Å². The van der Waals surface area contributed by atoms with E-state index in [4.69, 9.17) is 11.6 Å². The maximum absolute atomic E-state index is 13.4. The Morgan fingerprint density at radius 1 is 1.13 bits per heavy atom. The van der Waals surface area contributed by atoms with E-state index in [0.29, 0.717) is 24.1 Å². The Hall–Kier alpha value is -2.99. The van der Waals surface area contributed by atoms with Crippen LogP contribution in [0.1, 0.15) is 18.4 Å². The van der Waals surface area contributed by atoms with Crippen LogP contribution in [-0.4, -0.2) is 29.0 Å². The van der Waals surface area contributed by atoms with Crippen molar-refractivity contribution in [2.24, 2.45) is 5.92 Å². The van der Waals surface area contributed by atoms with Gasteiger partial charge in [0.25, 0.3) is 0 Å². The molecule has 3 aromatic rings. The molecule has 154 valence electrons. The first-order valence-corrected chi connectivity index (χ1v) is 10.3. The molecule has 7 heteroatoms. The highest BCUT2D eigenvalue weighted by molar-refractivity contribution is 6.30. The Morgan fingerprint density at radius 2 is 1.90 bits per heavy atom. The number of rotatable bonds is 5. The Morgan fingerprint density at radius 3 is 2.63 bits per heavy atom. The second-order valence-electron chi connectivity index (χ2n) is 7.41. The van der Waals surface area contributed by atoms with Crippen LogP contribution in [-0.2, 0) is 11.3 Å². The van der Waals surface area contributed by atoms with E-state index in [1.54, 1.807) is 18.5 Å². The van der Waals surface area contributed by atoms with E-state index in [-0.39, 0.29) is 17.6 Å². The van der Waals surface area contributed by atoms with Gasteiger partial charge in [-0.1, -0.05) is 35.9 Å². The summed E-state index contributed by atoms with van der Waals surface area (Å²) in [7, 11) is 0. The van der Waals surface area contributed by atoms with Gasteiger partial charge in [0.15, 0.2) is 0 Å². The monoisotopic (exact) mass is 424 g/mol. The van der Waals surface area contributed by atoms with E-state index in [1.165, 1.54) is 12.1 Å². The summed E-state index contributed by atoms with van der Waals surface area (Å²) in [5, 5.41) is 3.69. The van der Waals surface area contributed by atoms with E-state index in [0.717, 1.165) is 36.1 Å². The number of hydrogen-bond donors (Lipinski definition) is 1. The number of carbonyl (C=O) groups is 1. The molecular formula is C23H22ClFN4O. The zero-order valence-corrected chi connectivity index (χ0v) is 17.1. The van der Waals surface area contributed by atoms with Gasteiger partial charge in [0.05, 0.1) is 5.92 Å². The Kier molecular flexibility index (Phi) is 6.23. The lowest BCUT2D eigenvalue weighted by Crippen LogP contribution is -2.43. The summed E-state index contributed by atoms with van der Waals surface area (Å²) in [6.45, 7) is 1.86. The first-order chi connectivity index (χ1) is 14.6. The molecule has 1 amide bonds. The first-order valence-electron chi connectivity index (χ1n) is 9.93. The van der Waals surface area contributed by atoms with Gasteiger partial charge in [0, 0.05) is 42.6 Å². The third-order valence-electron chi connectivity index (χ3n) is 5.25. The summed E-state index contributed by atoms with van der Waals surface area (Å²) in [5.74, 6) is 0.217. The SMILES string of the molecule is O=C(NCc1ccc(Cl)cc1)[C@@H]1CCCN(c2ncc(-c3cccc(F)c3)cn2)C1. The third kappa shape index (κ3) is 4.94. The van der Waals surface area contributed by atoms with Crippen molar-refractivity contribution in [3.8, 4) is 11.1 Å². The maximum atomic E-state index is 13.4. The molecule has 0 bridgehead atoms. The van der Waals surface area contributed by atoms with Crippen molar-refractivity contribution in [1.82, 2.24) is 15.3 Å². The summed E-state index contributed by atoms with van der Waals surface area (Å²) < 4.78 is 13.4. The highest BCUT2D eigenvalue weighted by atomic mass is 35.5. The van der Waals surface area contributed by atoms with Gasteiger partial charge in [-0.15, -0.1) is 0 Å². The van der Waals surface area contributed by atoms with Gasteiger partial charge in [-0.3, -0.25) is 4.79 Å². The first kappa shape index (κ1) is 20.3. The molecule has 1 atom stereocenters. The van der Waals surface area contributed by atoms with Gasteiger partial charge in [0.2, 0.25) is 11.9 Å². The average molecular weight is 425 g/mol. The topological polar surface area (TPSA) is 58.1 Å². The van der Waals surface area contributed by atoms with Crippen molar-refractivity contribution < 1.29 is 9.18 Å². The number of nitrogens with one attached hydrogen (secondary N) is 1. The van der Waals surface area contributed by atoms with E-state index in [1.807, 2.05) is 35.2 Å². The summed E-state index contributed by atoms with van der Waals surface area (Å²) in [6, 6.07) is 13.8. The highest BCUT2D eigenvalue weighted by Gasteiger charge is 2.27. The second-order valence-corrected chi connectivity index (χ2v) is 7.85. The molecule has 0 spiro atoms. The molecule has 1 N–H and O–H groups in total. The number of benzene rings is 2. The minimum Gasteiger partial charge on any atom is -0.352 e. The standard InChI is InChI=1S/C23H22ClFN4O/c24-20-8-6-16(7-9-20)12-26-22(30)18-4-2-10-29(15-18)23-27-13-19(14-28-23)17-3-1-5-21(25)11-17/h1,3,5-9,11,13-14,18H,2,4,10,12,15H2,(H,26,30)/t18-/m1/s1. The van der Waals surface area contributed by atoms with Gasteiger partial charge < -0.3 is 10.2 Å². The molecule has 30 heavy (non-hydrogen) atoms. The number of aromatic nitrogens is 2. The number of carbonyl (C=O) groups excluding carboxylic acids is 1. The number of amides is 1. The zero-order chi connectivity index (χ0) is 20.9. The Labute approximate surface area is 179 Å². The lowest BCUT2D eigenvalue weighted by Gasteiger charge is -2.32. The van der Waals surface area contributed by atoms with Crippen LogP contribution in [0.3, 0.4) is 0 Å². The van der Waals surface area contributed by atoms with Crippen LogP contribution in [0.5, 0.6) is 0 Å². The maximum Gasteiger partial charge on any atom is 0.225 e. The predicted molar refractivity (Wildman–Crippen MR) is 116 cm³/mol. The lowest BCUT2D eigenvalue weighted by molar-refractivity contribution is -0.125. The molecule has 4 rings (SSSR count). The fourth-order valence-electron chi connectivity index (χ4n) is 3.61.